The number of unbranched alkanes of at least 4 members (excludes halogenated alkanes) is 3. The van der Waals surface area contributed by atoms with Crippen LogP contribution in [0.15, 0.2) is 30.3 Å². The van der Waals surface area contributed by atoms with Gasteiger partial charge in [0.05, 0.1) is 0 Å². The Morgan fingerprint density at radius 3 is 2.21 bits per heavy atom. The van der Waals surface area contributed by atoms with Crippen LogP contribution in [0.3, 0.4) is 0 Å². The first-order valence-electron chi connectivity index (χ1n) is 7.35. The summed E-state index contributed by atoms with van der Waals surface area (Å²) in [6, 6.07) is 10.2. The second kappa shape index (κ2) is 9.23. The highest BCUT2D eigenvalue weighted by Crippen LogP contribution is 2.39. The molecule has 0 saturated carbocycles. The van der Waals surface area contributed by atoms with E-state index in [1.807, 2.05) is 18.2 Å². The molecule has 2 nitrogen and oxygen atoms in total. The van der Waals surface area contributed by atoms with Crippen LogP contribution < -0.4 is 0 Å². The SMILES string of the molecule is CCCCCC(CCCC)(OP=O)c1ccccc1. The van der Waals surface area contributed by atoms with Gasteiger partial charge >= 0.3 is 8.69 Å². The lowest BCUT2D eigenvalue weighted by molar-refractivity contribution is 0.0564. The van der Waals surface area contributed by atoms with E-state index in [9.17, 15) is 4.57 Å². The molecular formula is C16H25O2P. The molecule has 0 fully saturated rings. The van der Waals surface area contributed by atoms with Gasteiger partial charge in [-0.2, -0.15) is 0 Å². The highest BCUT2D eigenvalue weighted by atomic mass is 31.1. The van der Waals surface area contributed by atoms with Crippen LogP contribution >= 0.6 is 8.69 Å². The van der Waals surface area contributed by atoms with E-state index in [-0.39, 0.29) is 14.3 Å². The fourth-order valence-electron chi connectivity index (χ4n) is 2.49. The van der Waals surface area contributed by atoms with Gasteiger partial charge in [-0.05, 0) is 18.4 Å². The molecule has 1 atom stereocenters. The van der Waals surface area contributed by atoms with Crippen molar-refractivity contribution in [1.29, 1.82) is 0 Å². The van der Waals surface area contributed by atoms with E-state index in [2.05, 4.69) is 26.0 Å². The van der Waals surface area contributed by atoms with Crippen LogP contribution in [0, 0.1) is 0 Å². The predicted molar refractivity (Wildman–Crippen MR) is 80.5 cm³/mol. The van der Waals surface area contributed by atoms with Crippen molar-refractivity contribution >= 4 is 8.69 Å². The van der Waals surface area contributed by atoms with E-state index < -0.39 is 0 Å². The minimum atomic E-state index is -0.379. The summed E-state index contributed by atoms with van der Waals surface area (Å²) in [5.41, 5.74) is 0.776. The number of hydrogen-bond acceptors (Lipinski definition) is 2. The molecule has 0 aliphatic carbocycles. The zero-order valence-corrected chi connectivity index (χ0v) is 13.0. The van der Waals surface area contributed by atoms with Gasteiger partial charge in [0, 0.05) is 0 Å². The van der Waals surface area contributed by atoms with Crippen LogP contribution in [0.25, 0.3) is 0 Å². The summed E-state index contributed by atoms with van der Waals surface area (Å²) in [5.74, 6) is 0. The molecule has 0 radical (unpaired) electrons. The zero-order chi connectivity index (χ0) is 14.0. The average Bonchev–Trinajstić information content (AvgIpc) is 2.46. The Kier molecular flexibility index (Phi) is 7.93. The molecule has 0 aliphatic heterocycles. The lowest BCUT2D eigenvalue weighted by Gasteiger charge is -2.31. The predicted octanol–water partition coefficient (Wildman–Crippen LogP) is 5.88. The molecule has 0 spiro atoms. The van der Waals surface area contributed by atoms with Gasteiger partial charge in [0.15, 0.2) is 0 Å². The van der Waals surface area contributed by atoms with Gasteiger partial charge in [-0.15, -0.1) is 0 Å². The number of rotatable bonds is 10. The summed E-state index contributed by atoms with van der Waals surface area (Å²) in [6.07, 6.45) is 7.60. The van der Waals surface area contributed by atoms with Gasteiger partial charge in [0.2, 0.25) is 0 Å². The summed E-state index contributed by atoms with van der Waals surface area (Å²) >= 11 is 0. The second-order valence-electron chi connectivity index (χ2n) is 5.09. The smallest absolute Gasteiger partial charge is 0.283 e. The van der Waals surface area contributed by atoms with Crippen LogP contribution in [0.2, 0.25) is 0 Å². The quantitative estimate of drug-likeness (QED) is 0.395. The topological polar surface area (TPSA) is 26.3 Å². The Balaban J connectivity index is 2.92. The lowest BCUT2D eigenvalue weighted by Crippen LogP contribution is -2.27. The van der Waals surface area contributed by atoms with Crippen LogP contribution in [0.5, 0.6) is 0 Å². The molecule has 19 heavy (non-hydrogen) atoms. The molecule has 106 valence electrons. The molecule has 1 aromatic rings. The maximum absolute atomic E-state index is 11.1. The third kappa shape index (κ3) is 5.04. The Bertz CT molecular complexity index is 353. The Labute approximate surface area is 118 Å². The van der Waals surface area contributed by atoms with Gasteiger partial charge in [-0.25, -0.2) is 4.57 Å². The molecule has 3 heteroatoms. The van der Waals surface area contributed by atoms with Gasteiger partial charge in [-0.3, -0.25) is 4.52 Å². The first-order valence-corrected chi connectivity index (χ1v) is 8.08. The van der Waals surface area contributed by atoms with E-state index >= 15 is 0 Å². The van der Waals surface area contributed by atoms with Crippen molar-refractivity contribution in [2.45, 2.75) is 64.4 Å². The molecule has 0 bridgehead atoms. The largest absolute Gasteiger partial charge is 0.328 e. The summed E-state index contributed by atoms with van der Waals surface area (Å²) in [7, 11) is -0.215. The Morgan fingerprint density at radius 1 is 1.00 bits per heavy atom. The van der Waals surface area contributed by atoms with Crippen LogP contribution in [0.4, 0.5) is 0 Å². The van der Waals surface area contributed by atoms with E-state index in [4.69, 9.17) is 4.52 Å². The van der Waals surface area contributed by atoms with Crippen molar-refractivity contribution < 1.29 is 9.09 Å². The molecule has 1 unspecified atom stereocenters. The van der Waals surface area contributed by atoms with Gasteiger partial charge in [0.1, 0.15) is 5.60 Å². The maximum Gasteiger partial charge on any atom is 0.328 e. The van der Waals surface area contributed by atoms with Crippen molar-refractivity contribution in [3.8, 4) is 0 Å². The molecule has 1 aromatic carbocycles. The standard InChI is InChI=1S/C16H25O2P/c1-3-5-10-14-16(18-19-17,13-6-4-2)15-11-8-7-9-12-15/h7-9,11-12H,3-6,10,13-14H2,1-2H3. The highest BCUT2D eigenvalue weighted by molar-refractivity contribution is 7.17. The summed E-state index contributed by atoms with van der Waals surface area (Å²) in [5, 5.41) is 0. The van der Waals surface area contributed by atoms with E-state index in [0.29, 0.717) is 0 Å². The number of hydrogen-bond donors (Lipinski definition) is 0. The van der Waals surface area contributed by atoms with Gasteiger partial charge in [0.25, 0.3) is 0 Å². The van der Waals surface area contributed by atoms with Crippen molar-refractivity contribution in [1.82, 2.24) is 0 Å². The normalized spacial score (nSPS) is 14.4. The third-order valence-electron chi connectivity index (χ3n) is 3.63. The molecule has 0 aliphatic rings. The average molecular weight is 280 g/mol. The summed E-state index contributed by atoms with van der Waals surface area (Å²) in [6.45, 7) is 4.37. The zero-order valence-electron chi connectivity index (χ0n) is 12.1. The van der Waals surface area contributed by atoms with Crippen molar-refractivity contribution in [2.75, 3.05) is 0 Å². The van der Waals surface area contributed by atoms with Gasteiger partial charge in [-0.1, -0.05) is 76.3 Å². The highest BCUT2D eigenvalue weighted by Gasteiger charge is 2.32. The molecule has 0 heterocycles. The monoisotopic (exact) mass is 280 g/mol. The van der Waals surface area contributed by atoms with E-state index in [0.717, 1.165) is 37.7 Å². The number of benzene rings is 1. The molecular weight excluding hydrogens is 255 g/mol. The Hall–Kier alpha value is -0.720. The Morgan fingerprint density at radius 2 is 1.63 bits per heavy atom. The minimum Gasteiger partial charge on any atom is -0.283 e. The second-order valence-corrected chi connectivity index (χ2v) is 5.42. The first-order chi connectivity index (χ1) is 9.29. The fourth-order valence-corrected chi connectivity index (χ4v) is 2.92. The van der Waals surface area contributed by atoms with Crippen LogP contribution in [-0.4, -0.2) is 0 Å². The van der Waals surface area contributed by atoms with E-state index in [1.165, 1.54) is 12.8 Å². The van der Waals surface area contributed by atoms with Crippen LogP contribution in [-0.2, 0) is 14.7 Å². The molecule has 0 N–H and O–H groups in total. The summed E-state index contributed by atoms with van der Waals surface area (Å²) in [4.78, 5) is 0. The molecule has 0 amide bonds. The summed E-state index contributed by atoms with van der Waals surface area (Å²) < 4.78 is 16.7. The molecule has 0 saturated heterocycles. The van der Waals surface area contributed by atoms with Gasteiger partial charge < -0.3 is 0 Å². The molecule has 1 rings (SSSR count). The fraction of sp³-hybridized carbons (Fsp3) is 0.625. The lowest BCUT2D eigenvalue weighted by atomic mass is 9.84. The third-order valence-corrected chi connectivity index (χ3v) is 4.05. The van der Waals surface area contributed by atoms with Crippen LogP contribution in [0.1, 0.15) is 64.4 Å². The van der Waals surface area contributed by atoms with E-state index in [1.54, 1.807) is 0 Å². The minimum absolute atomic E-state index is 0.215. The van der Waals surface area contributed by atoms with Crippen molar-refractivity contribution in [3.05, 3.63) is 35.9 Å². The van der Waals surface area contributed by atoms with Crippen molar-refractivity contribution in [2.24, 2.45) is 0 Å². The maximum atomic E-state index is 11.1. The first kappa shape index (κ1) is 16.3. The van der Waals surface area contributed by atoms with Crippen molar-refractivity contribution in [3.63, 3.8) is 0 Å². The molecule has 0 aromatic heterocycles.